The zero-order chi connectivity index (χ0) is 20.5. The summed E-state index contributed by atoms with van der Waals surface area (Å²) < 4.78 is 5.60. The van der Waals surface area contributed by atoms with Crippen LogP contribution in [-0.2, 0) is 17.7 Å². The van der Waals surface area contributed by atoms with Crippen molar-refractivity contribution < 1.29 is 9.53 Å². The third-order valence-electron chi connectivity index (χ3n) is 4.99. The molecule has 1 amide bonds. The molecule has 5 heteroatoms. The average molecular weight is 380 g/mol. The van der Waals surface area contributed by atoms with E-state index in [1.165, 1.54) is 5.56 Å². The van der Waals surface area contributed by atoms with Gasteiger partial charge in [0.15, 0.2) is 0 Å². The number of rotatable bonds is 5. The molecule has 1 aliphatic rings. The molecule has 148 valence electrons. The number of carbonyl (C=O) groups excluding carboxylic acids is 1. The highest BCUT2D eigenvalue weighted by molar-refractivity contribution is 5.69. The second-order valence-corrected chi connectivity index (χ2v) is 8.50. The fourth-order valence-electron chi connectivity index (χ4n) is 3.35. The molecule has 1 saturated carbocycles. The summed E-state index contributed by atoms with van der Waals surface area (Å²) in [6.07, 6.45) is 8.93. The van der Waals surface area contributed by atoms with Gasteiger partial charge in [0.25, 0.3) is 0 Å². The van der Waals surface area contributed by atoms with E-state index in [1.807, 2.05) is 45.2 Å². The highest BCUT2D eigenvalue weighted by Gasteiger charge is 2.42. The number of nitrogens with one attached hydrogen (secondary N) is 1. The number of nitrogens with zero attached hydrogens (tertiary/aromatic N) is 2. The quantitative estimate of drug-likeness (QED) is 0.762. The van der Waals surface area contributed by atoms with Crippen LogP contribution in [0.5, 0.6) is 0 Å². The smallest absolute Gasteiger partial charge is 0.410 e. The van der Waals surface area contributed by atoms with Crippen LogP contribution in [0.25, 0.3) is 11.3 Å². The van der Waals surface area contributed by atoms with E-state index in [0.717, 1.165) is 35.5 Å². The molecule has 2 atom stereocenters. The number of benzene rings is 1. The van der Waals surface area contributed by atoms with E-state index in [4.69, 9.17) is 11.2 Å². The number of aromatic nitrogens is 2. The molecule has 0 bridgehead atoms. The number of hydrogen-bond donors (Lipinski definition) is 1. The Morgan fingerprint density at radius 1 is 1.43 bits per heavy atom. The van der Waals surface area contributed by atoms with Crippen LogP contribution in [0.4, 0.5) is 4.79 Å². The fraction of sp³-hybridized carbons (Fsp3) is 0.478. The molecular weight excluding hydrogens is 350 g/mol. The molecule has 0 saturated heterocycles. The Labute approximate surface area is 167 Å². The minimum absolute atomic E-state index is 0.213. The lowest BCUT2D eigenvalue weighted by molar-refractivity contribution is 0.0203. The van der Waals surface area contributed by atoms with Crippen molar-refractivity contribution in [1.82, 2.24) is 14.9 Å². The first-order valence-electron chi connectivity index (χ1n) is 9.85. The minimum atomic E-state index is -0.517. The lowest BCUT2D eigenvalue weighted by atomic mass is 10.0. The Bertz CT molecular complexity index is 901. The number of terminal acetylenes is 1. The summed E-state index contributed by atoms with van der Waals surface area (Å²) in [5.41, 5.74) is 3.55. The average Bonchev–Trinajstić information content (AvgIpc) is 3.16. The third-order valence-corrected chi connectivity index (χ3v) is 4.99. The van der Waals surface area contributed by atoms with Gasteiger partial charge in [0.05, 0.1) is 18.4 Å². The lowest BCUT2D eigenvalue weighted by Gasteiger charge is -2.27. The molecule has 1 N–H and O–H groups in total. The van der Waals surface area contributed by atoms with E-state index in [1.54, 1.807) is 4.90 Å². The molecule has 1 fully saturated rings. The van der Waals surface area contributed by atoms with Crippen molar-refractivity contribution in [3.63, 3.8) is 0 Å². The molecule has 1 unspecified atom stereocenters. The Morgan fingerprint density at radius 2 is 2.14 bits per heavy atom. The van der Waals surface area contributed by atoms with E-state index < -0.39 is 5.60 Å². The predicted molar refractivity (Wildman–Crippen MR) is 111 cm³/mol. The van der Waals surface area contributed by atoms with Crippen molar-refractivity contribution in [2.45, 2.75) is 65.6 Å². The van der Waals surface area contributed by atoms with Gasteiger partial charge in [0.2, 0.25) is 0 Å². The number of hydrogen-bond acceptors (Lipinski definition) is 3. The molecule has 2 aromatic rings. The van der Waals surface area contributed by atoms with Gasteiger partial charge in [0.1, 0.15) is 11.4 Å². The van der Waals surface area contributed by atoms with E-state index in [0.29, 0.717) is 12.5 Å². The number of imidazole rings is 1. The van der Waals surface area contributed by atoms with E-state index >= 15 is 0 Å². The highest BCUT2D eigenvalue weighted by atomic mass is 16.6. The van der Waals surface area contributed by atoms with Gasteiger partial charge >= 0.3 is 6.09 Å². The first kappa shape index (κ1) is 20.0. The Morgan fingerprint density at radius 3 is 2.71 bits per heavy atom. The van der Waals surface area contributed by atoms with Gasteiger partial charge in [-0.3, -0.25) is 4.90 Å². The van der Waals surface area contributed by atoms with Gasteiger partial charge in [-0.2, -0.15) is 0 Å². The molecular formula is C23H29N3O2. The second kappa shape index (κ2) is 7.71. The zero-order valence-electron chi connectivity index (χ0n) is 17.4. The molecule has 0 radical (unpaired) electrons. The van der Waals surface area contributed by atoms with Crippen molar-refractivity contribution in [2.24, 2.45) is 5.92 Å². The van der Waals surface area contributed by atoms with Gasteiger partial charge in [-0.15, -0.1) is 6.42 Å². The number of carbonyl (C=O) groups is 1. The Hall–Kier alpha value is -2.74. The highest BCUT2D eigenvalue weighted by Crippen LogP contribution is 2.36. The topological polar surface area (TPSA) is 58.2 Å². The second-order valence-electron chi connectivity index (χ2n) is 8.50. The fourth-order valence-corrected chi connectivity index (χ4v) is 3.35. The number of H-pyrrole nitrogens is 1. The van der Waals surface area contributed by atoms with Crippen LogP contribution in [0.15, 0.2) is 24.4 Å². The van der Waals surface area contributed by atoms with Crippen LogP contribution >= 0.6 is 0 Å². The molecule has 1 aromatic carbocycles. The summed E-state index contributed by atoms with van der Waals surface area (Å²) >= 11 is 0. The number of aromatic amines is 1. The van der Waals surface area contributed by atoms with Gasteiger partial charge < -0.3 is 9.72 Å². The first-order valence-corrected chi connectivity index (χ1v) is 9.85. The monoisotopic (exact) mass is 379 g/mol. The molecule has 0 aliphatic heterocycles. The van der Waals surface area contributed by atoms with Gasteiger partial charge in [-0.25, -0.2) is 9.78 Å². The van der Waals surface area contributed by atoms with E-state index in [2.05, 4.69) is 29.7 Å². The number of aryl methyl sites for hydroxylation is 1. The first-order chi connectivity index (χ1) is 13.2. The summed E-state index contributed by atoms with van der Waals surface area (Å²) in [4.78, 5) is 22.4. The van der Waals surface area contributed by atoms with Crippen LogP contribution in [0.3, 0.4) is 0 Å². The molecule has 28 heavy (non-hydrogen) atoms. The van der Waals surface area contributed by atoms with Crippen molar-refractivity contribution in [3.8, 4) is 23.6 Å². The maximum absolute atomic E-state index is 12.7. The lowest BCUT2D eigenvalue weighted by Crippen LogP contribution is -2.38. The summed E-state index contributed by atoms with van der Waals surface area (Å²) in [5.74, 6) is 3.93. The molecule has 5 nitrogen and oxygen atoms in total. The molecule has 3 rings (SSSR count). The normalized spacial score (nSPS) is 18.4. The number of amides is 1. The Kier molecular flexibility index (Phi) is 5.51. The summed E-state index contributed by atoms with van der Waals surface area (Å²) in [6, 6.07) is 6.22. The van der Waals surface area contributed by atoms with Crippen molar-refractivity contribution >= 4 is 6.09 Å². The summed E-state index contributed by atoms with van der Waals surface area (Å²) in [7, 11) is 0. The van der Waals surface area contributed by atoms with Gasteiger partial charge in [-0.05, 0) is 57.2 Å². The molecule has 1 aliphatic carbocycles. The van der Waals surface area contributed by atoms with Gasteiger partial charge in [-0.1, -0.05) is 25.8 Å². The van der Waals surface area contributed by atoms with Crippen LogP contribution in [-0.4, -0.2) is 32.6 Å². The standard InChI is InChI=1S/C23H29N3O2/c1-7-16-9-10-18(17(8-2)12-16)19-13-24-21(25-19)14-26(20-11-15(20)3)22(27)28-23(4,5)6/h1,9-10,12-13,15,20H,8,11,14H2,2-6H3,(H,24,25)/t15-,20?/m1/s1. The third kappa shape index (κ3) is 4.56. The van der Waals surface area contributed by atoms with Crippen LogP contribution in [0.2, 0.25) is 0 Å². The van der Waals surface area contributed by atoms with Crippen LogP contribution < -0.4 is 0 Å². The predicted octanol–water partition coefficient (Wildman–Crippen LogP) is 4.77. The van der Waals surface area contributed by atoms with Gasteiger partial charge in [0, 0.05) is 17.2 Å². The van der Waals surface area contributed by atoms with Crippen molar-refractivity contribution in [2.75, 3.05) is 0 Å². The summed E-state index contributed by atoms with van der Waals surface area (Å²) in [5, 5.41) is 0. The molecule has 1 heterocycles. The van der Waals surface area contributed by atoms with E-state index in [-0.39, 0.29) is 12.1 Å². The van der Waals surface area contributed by atoms with Crippen LogP contribution in [0.1, 0.15) is 58.0 Å². The van der Waals surface area contributed by atoms with Crippen molar-refractivity contribution in [3.05, 3.63) is 41.3 Å². The Balaban J connectivity index is 1.81. The minimum Gasteiger partial charge on any atom is -0.444 e. The largest absolute Gasteiger partial charge is 0.444 e. The SMILES string of the molecule is C#Cc1ccc(-c2cnc(CN(C(=O)OC(C)(C)C)C3C[C@H]3C)[nH]2)c(CC)c1. The summed E-state index contributed by atoms with van der Waals surface area (Å²) in [6.45, 7) is 10.3. The maximum Gasteiger partial charge on any atom is 0.410 e. The van der Waals surface area contributed by atoms with Crippen molar-refractivity contribution in [1.29, 1.82) is 0 Å². The van der Waals surface area contributed by atoms with Crippen LogP contribution in [0, 0.1) is 18.3 Å². The zero-order valence-corrected chi connectivity index (χ0v) is 17.4. The number of ether oxygens (including phenoxy) is 1. The van der Waals surface area contributed by atoms with E-state index in [9.17, 15) is 4.79 Å². The molecule has 0 spiro atoms. The maximum atomic E-state index is 12.7. The molecule has 1 aromatic heterocycles.